The third-order valence-corrected chi connectivity index (χ3v) is 6.59. The molecule has 0 bridgehead atoms. The maximum atomic E-state index is 12.4. The Kier molecular flexibility index (Phi) is 6.60. The first-order valence-corrected chi connectivity index (χ1v) is 11.6. The number of rotatable bonds is 7. The number of thioether (sulfide) groups is 1. The number of nitrogens with zero attached hydrogens (tertiary/aromatic N) is 2. The summed E-state index contributed by atoms with van der Waals surface area (Å²) in [5.41, 5.74) is 1.27. The molecule has 0 aliphatic carbocycles. The number of aromatic nitrogens is 2. The van der Waals surface area contributed by atoms with E-state index in [9.17, 15) is 9.59 Å². The number of hydrogen-bond acceptors (Lipinski definition) is 6. The third-order valence-electron chi connectivity index (χ3n) is 4.27. The third kappa shape index (κ3) is 5.28. The smallest absolute Gasteiger partial charge is 0.262 e. The van der Waals surface area contributed by atoms with E-state index in [4.69, 9.17) is 16.3 Å². The summed E-state index contributed by atoms with van der Waals surface area (Å²) in [4.78, 5) is 31.8. The summed E-state index contributed by atoms with van der Waals surface area (Å²) in [5, 5.41) is 3.32. The molecule has 4 rings (SSSR count). The molecule has 2 aromatic carbocycles. The van der Waals surface area contributed by atoms with Crippen LogP contribution in [0.5, 0.6) is 5.75 Å². The normalized spacial score (nSPS) is 10.9. The molecule has 2 aromatic heterocycles. The first kappa shape index (κ1) is 21.4. The van der Waals surface area contributed by atoms with Crippen molar-refractivity contribution >= 4 is 51.3 Å². The van der Waals surface area contributed by atoms with Crippen LogP contribution in [0.1, 0.15) is 10.6 Å². The van der Waals surface area contributed by atoms with Gasteiger partial charge >= 0.3 is 0 Å². The van der Waals surface area contributed by atoms with Crippen LogP contribution in [0, 0.1) is 6.92 Å². The Morgan fingerprint density at radius 3 is 2.84 bits per heavy atom. The first-order chi connectivity index (χ1) is 15.0. The molecule has 0 radical (unpaired) electrons. The predicted octanol–water partition coefficient (Wildman–Crippen LogP) is 5.03. The number of ether oxygens (including phenoxy) is 1. The number of hydrogen-bond donors (Lipinski definition) is 1. The maximum Gasteiger partial charge on any atom is 0.262 e. The van der Waals surface area contributed by atoms with Crippen molar-refractivity contribution in [2.24, 2.45) is 0 Å². The Hall–Kier alpha value is -2.81. The van der Waals surface area contributed by atoms with Crippen LogP contribution >= 0.6 is 34.7 Å². The van der Waals surface area contributed by atoms with Crippen molar-refractivity contribution in [1.29, 1.82) is 0 Å². The van der Waals surface area contributed by atoms with Gasteiger partial charge in [0.05, 0.1) is 16.4 Å². The highest BCUT2D eigenvalue weighted by atomic mass is 35.5. The highest BCUT2D eigenvalue weighted by Crippen LogP contribution is 2.30. The summed E-state index contributed by atoms with van der Waals surface area (Å²) in [6.45, 7) is 1.79. The number of anilines is 1. The molecule has 0 aliphatic rings. The lowest BCUT2D eigenvalue weighted by molar-refractivity contribution is -0.118. The van der Waals surface area contributed by atoms with Gasteiger partial charge < -0.3 is 10.1 Å². The Bertz CT molecular complexity index is 1300. The summed E-state index contributed by atoms with van der Waals surface area (Å²) in [6, 6.07) is 16.0. The van der Waals surface area contributed by atoms with Gasteiger partial charge in [-0.15, -0.1) is 23.1 Å². The molecule has 6 nitrogen and oxygen atoms in total. The van der Waals surface area contributed by atoms with Crippen LogP contribution in [0.4, 0.5) is 5.69 Å². The van der Waals surface area contributed by atoms with Crippen molar-refractivity contribution in [2.45, 2.75) is 17.6 Å². The number of para-hydroxylation sites is 2. The van der Waals surface area contributed by atoms with Crippen molar-refractivity contribution in [3.63, 3.8) is 0 Å². The molecule has 4 aromatic rings. The molecule has 1 N–H and O–H groups in total. The van der Waals surface area contributed by atoms with Crippen LogP contribution in [0.3, 0.4) is 0 Å². The Labute approximate surface area is 191 Å². The SMILES string of the molecule is Cc1cn2c(=O)cc(CSc3ccccc3NC(=O)COc3ccccc3Cl)nc2s1. The van der Waals surface area contributed by atoms with Gasteiger partial charge in [-0.3, -0.25) is 14.0 Å². The molecule has 0 saturated carbocycles. The highest BCUT2D eigenvalue weighted by Gasteiger charge is 2.11. The quantitative estimate of drug-likeness (QED) is 0.383. The second-order valence-corrected chi connectivity index (χ2v) is 9.27. The lowest BCUT2D eigenvalue weighted by Gasteiger charge is -2.12. The average Bonchev–Trinajstić information content (AvgIpc) is 3.13. The lowest BCUT2D eigenvalue weighted by Crippen LogP contribution is -2.20. The van der Waals surface area contributed by atoms with Gasteiger partial charge in [0.1, 0.15) is 5.75 Å². The van der Waals surface area contributed by atoms with Crippen LogP contribution in [-0.4, -0.2) is 21.9 Å². The number of carbonyl (C=O) groups excluding carboxylic acids is 1. The van der Waals surface area contributed by atoms with Crippen LogP contribution in [0.15, 0.2) is 70.5 Å². The van der Waals surface area contributed by atoms with Gasteiger partial charge in [0.2, 0.25) is 0 Å². The lowest BCUT2D eigenvalue weighted by atomic mass is 10.3. The van der Waals surface area contributed by atoms with E-state index >= 15 is 0 Å². The van der Waals surface area contributed by atoms with E-state index in [1.54, 1.807) is 40.9 Å². The Morgan fingerprint density at radius 1 is 1.23 bits per heavy atom. The molecule has 0 unspecified atom stereocenters. The number of nitrogens with one attached hydrogen (secondary N) is 1. The minimum atomic E-state index is -0.292. The molecule has 9 heteroatoms. The number of carbonyl (C=O) groups is 1. The van der Waals surface area contributed by atoms with E-state index in [1.165, 1.54) is 23.1 Å². The number of amides is 1. The van der Waals surface area contributed by atoms with Crippen LogP contribution in [0.25, 0.3) is 4.96 Å². The van der Waals surface area contributed by atoms with E-state index < -0.39 is 0 Å². The van der Waals surface area contributed by atoms with Crippen LogP contribution in [-0.2, 0) is 10.5 Å². The number of benzene rings is 2. The predicted molar refractivity (Wildman–Crippen MR) is 126 cm³/mol. The van der Waals surface area contributed by atoms with E-state index in [-0.39, 0.29) is 18.1 Å². The number of fused-ring (bicyclic) bond motifs is 1. The molecular formula is C22H18ClN3O3S2. The minimum Gasteiger partial charge on any atom is -0.482 e. The van der Waals surface area contributed by atoms with E-state index in [0.717, 1.165) is 9.77 Å². The standard InChI is InChI=1S/C22H18ClN3O3S2/c1-14-11-26-21(28)10-15(24-22(26)31-14)13-30-19-9-5-3-7-17(19)25-20(27)12-29-18-8-4-2-6-16(18)23/h2-11H,12-13H2,1H3,(H,25,27). The molecule has 2 heterocycles. The summed E-state index contributed by atoms with van der Waals surface area (Å²) in [5.74, 6) is 0.671. The van der Waals surface area contributed by atoms with Crippen molar-refractivity contribution in [3.05, 3.63) is 86.7 Å². The van der Waals surface area contributed by atoms with Gasteiger partial charge in [-0.25, -0.2) is 4.98 Å². The Morgan fingerprint density at radius 2 is 2.00 bits per heavy atom. The topological polar surface area (TPSA) is 72.7 Å². The second-order valence-electron chi connectivity index (χ2n) is 6.63. The van der Waals surface area contributed by atoms with Gasteiger partial charge in [0, 0.05) is 27.8 Å². The van der Waals surface area contributed by atoms with Crippen molar-refractivity contribution in [1.82, 2.24) is 9.38 Å². The molecule has 31 heavy (non-hydrogen) atoms. The Balaban J connectivity index is 1.42. The summed E-state index contributed by atoms with van der Waals surface area (Å²) >= 11 is 9.03. The fourth-order valence-corrected chi connectivity index (χ4v) is 4.81. The van der Waals surface area contributed by atoms with E-state index in [0.29, 0.717) is 32.9 Å². The number of thiazole rings is 1. The van der Waals surface area contributed by atoms with Gasteiger partial charge in [-0.1, -0.05) is 35.9 Å². The fraction of sp³-hybridized carbons (Fsp3) is 0.136. The van der Waals surface area contributed by atoms with E-state index in [1.807, 2.05) is 31.2 Å². The highest BCUT2D eigenvalue weighted by molar-refractivity contribution is 7.98. The zero-order valence-electron chi connectivity index (χ0n) is 16.5. The molecule has 0 atom stereocenters. The van der Waals surface area contributed by atoms with Crippen LogP contribution < -0.4 is 15.6 Å². The van der Waals surface area contributed by atoms with Gasteiger partial charge in [-0.05, 0) is 31.2 Å². The molecule has 0 saturated heterocycles. The summed E-state index contributed by atoms with van der Waals surface area (Å²) < 4.78 is 7.06. The zero-order chi connectivity index (χ0) is 21.8. The average molecular weight is 472 g/mol. The van der Waals surface area contributed by atoms with Crippen molar-refractivity contribution in [3.8, 4) is 5.75 Å². The minimum absolute atomic E-state index is 0.0942. The molecule has 0 aliphatic heterocycles. The van der Waals surface area contributed by atoms with Crippen molar-refractivity contribution in [2.75, 3.05) is 11.9 Å². The van der Waals surface area contributed by atoms with Gasteiger partial charge in [0.25, 0.3) is 11.5 Å². The molecular weight excluding hydrogens is 454 g/mol. The first-order valence-electron chi connectivity index (χ1n) is 9.37. The summed E-state index contributed by atoms with van der Waals surface area (Å²) in [7, 11) is 0. The maximum absolute atomic E-state index is 12.4. The van der Waals surface area contributed by atoms with E-state index in [2.05, 4.69) is 10.3 Å². The summed E-state index contributed by atoms with van der Waals surface area (Å²) in [6.07, 6.45) is 1.79. The zero-order valence-corrected chi connectivity index (χ0v) is 18.9. The number of halogens is 1. The van der Waals surface area contributed by atoms with Crippen molar-refractivity contribution < 1.29 is 9.53 Å². The molecule has 0 spiro atoms. The second kappa shape index (κ2) is 9.55. The number of aryl methyl sites for hydroxylation is 1. The van der Waals surface area contributed by atoms with Crippen LogP contribution in [0.2, 0.25) is 5.02 Å². The fourth-order valence-electron chi connectivity index (χ4n) is 2.87. The molecule has 158 valence electrons. The largest absolute Gasteiger partial charge is 0.482 e. The van der Waals surface area contributed by atoms with Gasteiger partial charge in [0.15, 0.2) is 11.6 Å². The van der Waals surface area contributed by atoms with Gasteiger partial charge in [-0.2, -0.15) is 0 Å². The molecule has 1 amide bonds. The molecule has 0 fully saturated rings. The monoisotopic (exact) mass is 471 g/mol.